The first-order valence-electron chi connectivity index (χ1n) is 6.02. The summed E-state index contributed by atoms with van der Waals surface area (Å²) in [6.45, 7) is 2.14. The van der Waals surface area contributed by atoms with E-state index in [1.165, 1.54) is 0 Å². The standard InChI is InChI=1S/C12H16N6/c1-4-8-10-9(15-18(3)16-10)7-5-6-14-12(13)11(7)17(8)2/h5-6,8H,4H2,1-3H3,(H2,13,14). The summed E-state index contributed by atoms with van der Waals surface area (Å²) in [5.41, 5.74) is 9.91. The van der Waals surface area contributed by atoms with Crippen molar-refractivity contribution in [3.8, 4) is 11.3 Å². The van der Waals surface area contributed by atoms with Crippen LogP contribution in [0.1, 0.15) is 25.1 Å². The minimum absolute atomic E-state index is 0.202. The van der Waals surface area contributed by atoms with Crippen LogP contribution in [-0.4, -0.2) is 27.0 Å². The van der Waals surface area contributed by atoms with Crippen LogP contribution in [0.15, 0.2) is 12.3 Å². The molecule has 1 unspecified atom stereocenters. The number of aryl methyl sites for hydroxylation is 1. The van der Waals surface area contributed by atoms with Crippen molar-refractivity contribution in [3.63, 3.8) is 0 Å². The molecular weight excluding hydrogens is 228 g/mol. The Morgan fingerprint density at radius 1 is 1.33 bits per heavy atom. The smallest absolute Gasteiger partial charge is 0.147 e. The third kappa shape index (κ3) is 1.32. The summed E-state index contributed by atoms with van der Waals surface area (Å²) < 4.78 is 0. The van der Waals surface area contributed by atoms with E-state index in [1.807, 2.05) is 20.2 Å². The Kier molecular flexibility index (Phi) is 2.26. The molecule has 1 atom stereocenters. The normalized spacial score (nSPS) is 17.5. The van der Waals surface area contributed by atoms with Gasteiger partial charge in [0.05, 0.1) is 11.7 Å². The van der Waals surface area contributed by atoms with E-state index in [2.05, 4.69) is 27.0 Å². The molecule has 2 aromatic heterocycles. The molecule has 0 saturated carbocycles. The molecule has 0 spiro atoms. The number of pyridine rings is 1. The predicted octanol–water partition coefficient (Wildman–Crippen LogP) is 1.36. The summed E-state index contributed by atoms with van der Waals surface area (Å²) in [5.74, 6) is 0.546. The molecule has 6 heteroatoms. The van der Waals surface area contributed by atoms with Gasteiger partial charge in [-0.2, -0.15) is 15.0 Å². The molecular formula is C12H16N6. The van der Waals surface area contributed by atoms with E-state index in [-0.39, 0.29) is 6.04 Å². The van der Waals surface area contributed by atoms with Gasteiger partial charge in [-0.3, -0.25) is 0 Å². The second kappa shape index (κ2) is 3.69. The Labute approximate surface area is 105 Å². The number of fused-ring (bicyclic) bond motifs is 3. The lowest BCUT2D eigenvalue weighted by Gasteiger charge is -2.34. The van der Waals surface area contributed by atoms with Gasteiger partial charge in [0.25, 0.3) is 0 Å². The van der Waals surface area contributed by atoms with Crippen molar-refractivity contribution in [1.82, 2.24) is 20.0 Å². The Morgan fingerprint density at radius 2 is 2.11 bits per heavy atom. The molecule has 1 aliphatic heterocycles. The van der Waals surface area contributed by atoms with Gasteiger partial charge in [0.2, 0.25) is 0 Å². The van der Waals surface area contributed by atoms with Crippen LogP contribution in [0.2, 0.25) is 0 Å². The first-order chi connectivity index (χ1) is 8.63. The molecule has 18 heavy (non-hydrogen) atoms. The third-order valence-electron chi connectivity index (χ3n) is 3.47. The fraction of sp³-hybridized carbons (Fsp3) is 0.417. The van der Waals surface area contributed by atoms with Gasteiger partial charge >= 0.3 is 0 Å². The molecule has 0 aliphatic carbocycles. The van der Waals surface area contributed by atoms with Gasteiger partial charge in [0.1, 0.15) is 17.2 Å². The highest BCUT2D eigenvalue weighted by molar-refractivity contribution is 5.87. The minimum atomic E-state index is 0.202. The number of hydrogen-bond donors (Lipinski definition) is 1. The number of anilines is 2. The highest BCUT2D eigenvalue weighted by Gasteiger charge is 2.33. The second-order valence-electron chi connectivity index (χ2n) is 4.55. The van der Waals surface area contributed by atoms with Gasteiger partial charge in [-0.05, 0) is 12.5 Å². The zero-order valence-electron chi connectivity index (χ0n) is 10.8. The van der Waals surface area contributed by atoms with E-state index in [9.17, 15) is 0 Å². The van der Waals surface area contributed by atoms with Gasteiger partial charge in [-0.15, -0.1) is 0 Å². The Bertz CT molecular complexity index is 603. The van der Waals surface area contributed by atoms with E-state index >= 15 is 0 Å². The predicted molar refractivity (Wildman–Crippen MR) is 70.1 cm³/mol. The number of rotatable bonds is 1. The molecule has 0 bridgehead atoms. The molecule has 0 amide bonds. The first kappa shape index (κ1) is 11.0. The second-order valence-corrected chi connectivity index (χ2v) is 4.55. The van der Waals surface area contributed by atoms with Crippen molar-refractivity contribution in [2.75, 3.05) is 17.7 Å². The molecule has 0 fully saturated rings. The summed E-state index contributed by atoms with van der Waals surface area (Å²) in [5, 5.41) is 8.95. The fourth-order valence-corrected chi connectivity index (χ4v) is 2.68. The summed E-state index contributed by atoms with van der Waals surface area (Å²) in [4.78, 5) is 7.94. The van der Waals surface area contributed by atoms with Crippen molar-refractivity contribution >= 4 is 11.5 Å². The number of aromatic nitrogens is 4. The first-order valence-corrected chi connectivity index (χ1v) is 6.02. The maximum atomic E-state index is 6.00. The van der Waals surface area contributed by atoms with Crippen molar-refractivity contribution in [1.29, 1.82) is 0 Å². The highest BCUT2D eigenvalue weighted by atomic mass is 15.5. The average molecular weight is 244 g/mol. The maximum Gasteiger partial charge on any atom is 0.147 e. The van der Waals surface area contributed by atoms with Crippen LogP contribution in [0.4, 0.5) is 11.5 Å². The van der Waals surface area contributed by atoms with Gasteiger partial charge in [0, 0.05) is 25.9 Å². The lowest BCUT2D eigenvalue weighted by molar-refractivity contribution is 0.592. The summed E-state index contributed by atoms with van der Waals surface area (Å²) in [6, 6.07) is 2.15. The topological polar surface area (TPSA) is 72.9 Å². The van der Waals surface area contributed by atoms with E-state index in [4.69, 9.17) is 5.73 Å². The van der Waals surface area contributed by atoms with E-state index in [0.717, 1.165) is 29.1 Å². The molecule has 0 aromatic carbocycles. The van der Waals surface area contributed by atoms with Crippen molar-refractivity contribution in [2.45, 2.75) is 19.4 Å². The van der Waals surface area contributed by atoms with E-state index < -0.39 is 0 Å². The van der Waals surface area contributed by atoms with Crippen LogP contribution in [0.3, 0.4) is 0 Å². The maximum absolute atomic E-state index is 6.00. The van der Waals surface area contributed by atoms with Crippen LogP contribution < -0.4 is 10.6 Å². The molecule has 0 saturated heterocycles. The largest absolute Gasteiger partial charge is 0.382 e. The highest BCUT2D eigenvalue weighted by Crippen LogP contribution is 2.45. The molecule has 2 aromatic rings. The molecule has 6 nitrogen and oxygen atoms in total. The molecule has 94 valence electrons. The van der Waals surface area contributed by atoms with E-state index in [0.29, 0.717) is 5.82 Å². The Morgan fingerprint density at radius 3 is 2.83 bits per heavy atom. The van der Waals surface area contributed by atoms with Crippen molar-refractivity contribution < 1.29 is 0 Å². The molecule has 1 aliphatic rings. The zero-order chi connectivity index (χ0) is 12.9. The Hall–Kier alpha value is -2.11. The van der Waals surface area contributed by atoms with Gasteiger partial charge < -0.3 is 10.6 Å². The summed E-state index contributed by atoms with van der Waals surface area (Å²) in [7, 11) is 3.87. The van der Waals surface area contributed by atoms with Crippen LogP contribution in [-0.2, 0) is 7.05 Å². The van der Waals surface area contributed by atoms with Crippen LogP contribution in [0, 0.1) is 0 Å². The SMILES string of the molecule is CCC1c2nn(C)nc2-c2ccnc(N)c2N1C. The molecule has 2 N–H and O–H groups in total. The average Bonchev–Trinajstić information content (AvgIpc) is 2.71. The number of nitrogens with two attached hydrogens (primary N) is 1. The monoisotopic (exact) mass is 244 g/mol. The lowest BCUT2D eigenvalue weighted by Crippen LogP contribution is -2.29. The number of nitrogen functional groups attached to an aromatic ring is 1. The lowest BCUT2D eigenvalue weighted by atomic mass is 9.96. The number of nitrogens with zero attached hydrogens (tertiary/aromatic N) is 5. The van der Waals surface area contributed by atoms with Gasteiger partial charge in [-0.25, -0.2) is 4.98 Å². The van der Waals surface area contributed by atoms with Crippen LogP contribution in [0.5, 0.6) is 0 Å². The fourth-order valence-electron chi connectivity index (χ4n) is 2.68. The quantitative estimate of drug-likeness (QED) is 0.820. The van der Waals surface area contributed by atoms with Crippen molar-refractivity contribution in [3.05, 3.63) is 18.0 Å². The van der Waals surface area contributed by atoms with E-state index in [1.54, 1.807) is 11.0 Å². The van der Waals surface area contributed by atoms with Crippen LogP contribution >= 0.6 is 0 Å². The van der Waals surface area contributed by atoms with Gasteiger partial charge in [0.15, 0.2) is 0 Å². The van der Waals surface area contributed by atoms with Crippen LogP contribution in [0.25, 0.3) is 11.3 Å². The molecule has 0 radical (unpaired) electrons. The number of hydrogen-bond acceptors (Lipinski definition) is 5. The van der Waals surface area contributed by atoms with Gasteiger partial charge in [-0.1, -0.05) is 6.92 Å². The summed E-state index contributed by atoms with van der Waals surface area (Å²) in [6.07, 6.45) is 2.67. The minimum Gasteiger partial charge on any atom is -0.382 e. The van der Waals surface area contributed by atoms with Crippen molar-refractivity contribution in [2.24, 2.45) is 7.05 Å². The molecule has 3 heterocycles. The zero-order valence-corrected chi connectivity index (χ0v) is 10.8. The third-order valence-corrected chi connectivity index (χ3v) is 3.47. The summed E-state index contributed by atoms with van der Waals surface area (Å²) >= 11 is 0. The molecule has 3 rings (SSSR count). The Balaban J connectivity index is 2.32.